The van der Waals surface area contributed by atoms with Crippen molar-refractivity contribution >= 4 is 23.4 Å². The van der Waals surface area contributed by atoms with Gasteiger partial charge in [-0.3, -0.25) is 9.59 Å². The average molecular weight is 254 g/mol. The molecule has 0 bridgehead atoms. The van der Waals surface area contributed by atoms with Crippen molar-refractivity contribution < 1.29 is 9.59 Å². The molecule has 1 heterocycles. The van der Waals surface area contributed by atoms with E-state index in [1.165, 1.54) is 12.3 Å². The van der Waals surface area contributed by atoms with E-state index in [9.17, 15) is 9.59 Å². The van der Waals surface area contributed by atoms with Gasteiger partial charge in [-0.15, -0.1) is 0 Å². The van der Waals surface area contributed by atoms with Gasteiger partial charge in [0, 0.05) is 12.2 Å². The fourth-order valence-corrected chi connectivity index (χ4v) is 1.39. The molecule has 0 atom stereocenters. The molecule has 6 heteroatoms. The topological polar surface area (TPSA) is 71.1 Å². The van der Waals surface area contributed by atoms with Gasteiger partial charge in [-0.2, -0.15) is 0 Å². The number of aromatic nitrogens is 1. The second-order valence-electron chi connectivity index (χ2n) is 3.89. The van der Waals surface area contributed by atoms with Gasteiger partial charge in [0.1, 0.15) is 5.15 Å². The number of nitrogens with one attached hydrogen (secondary N) is 2. The highest BCUT2D eigenvalue weighted by Gasteiger charge is 2.23. The molecule has 90 valence electrons. The normalized spacial score (nSPS) is 14.2. The number of carbonyl (C=O) groups is 2. The van der Waals surface area contributed by atoms with Crippen LogP contribution in [0.4, 0.5) is 0 Å². The molecule has 0 unspecified atom stereocenters. The van der Waals surface area contributed by atoms with Crippen molar-refractivity contribution in [3.8, 4) is 0 Å². The lowest BCUT2D eigenvalue weighted by molar-refractivity contribution is -0.120. The van der Waals surface area contributed by atoms with E-state index in [0.29, 0.717) is 16.8 Å². The molecular weight excluding hydrogens is 242 g/mol. The van der Waals surface area contributed by atoms with E-state index in [1.54, 1.807) is 6.07 Å². The van der Waals surface area contributed by atoms with Crippen LogP contribution < -0.4 is 10.6 Å². The number of hydrogen-bond donors (Lipinski definition) is 2. The van der Waals surface area contributed by atoms with E-state index >= 15 is 0 Å². The molecule has 1 aromatic rings. The molecular formula is C11H12ClN3O2. The molecule has 1 aliphatic rings. The van der Waals surface area contributed by atoms with Crippen LogP contribution in [0.25, 0.3) is 0 Å². The van der Waals surface area contributed by atoms with Gasteiger partial charge in [-0.1, -0.05) is 11.6 Å². The summed E-state index contributed by atoms with van der Waals surface area (Å²) in [5, 5.41) is 5.62. The molecule has 17 heavy (non-hydrogen) atoms. The van der Waals surface area contributed by atoms with Gasteiger partial charge in [-0.05, 0) is 25.0 Å². The predicted molar refractivity (Wildman–Crippen MR) is 62.7 cm³/mol. The number of carbonyl (C=O) groups excluding carboxylic acids is 2. The third-order valence-corrected chi connectivity index (χ3v) is 2.57. The first kappa shape index (κ1) is 11.9. The lowest BCUT2D eigenvalue weighted by atomic mass is 10.3. The van der Waals surface area contributed by atoms with Gasteiger partial charge < -0.3 is 10.6 Å². The molecule has 2 amide bonds. The molecule has 2 rings (SSSR count). The number of pyridine rings is 1. The molecule has 0 aliphatic heterocycles. The minimum atomic E-state index is -0.333. The highest BCUT2D eigenvalue weighted by Crippen LogP contribution is 2.18. The average Bonchev–Trinajstić information content (AvgIpc) is 3.11. The summed E-state index contributed by atoms with van der Waals surface area (Å²) in [6.45, 7) is -0.0159. The van der Waals surface area contributed by atoms with E-state index in [1.807, 2.05) is 0 Å². The fourth-order valence-electron chi connectivity index (χ4n) is 1.28. The van der Waals surface area contributed by atoms with E-state index in [0.717, 1.165) is 12.8 Å². The van der Waals surface area contributed by atoms with Gasteiger partial charge in [0.25, 0.3) is 5.91 Å². The van der Waals surface area contributed by atoms with E-state index < -0.39 is 0 Å². The van der Waals surface area contributed by atoms with E-state index in [-0.39, 0.29) is 18.4 Å². The summed E-state index contributed by atoms with van der Waals surface area (Å²) in [6, 6.07) is 3.39. The van der Waals surface area contributed by atoms with Crippen LogP contribution in [-0.4, -0.2) is 29.4 Å². The number of halogens is 1. The molecule has 0 radical (unpaired) electrons. The number of rotatable bonds is 4. The summed E-state index contributed by atoms with van der Waals surface area (Å²) in [6.07, 6.45) is 3.43. The summed E-state index contributed by atoms with van der Waals surface area (Å²) in [7, 11) is 0. The van der Waals surface area contributed by atoms with Crippen LogP contribution in [-0.2, 0) is 4.79 Å². The lowest BCUT2D eigenvalue weighted by Gasteiger charge is -2.05. The molecule has 0 spiro atoms. The largest absolute Gasteiger partial charge is 0.352 e. The van der Waals surface area contributed by atoms with Crippen molar-refractivity contribution in [1.29, 1.82) is 0 Å². The Balaban J connectivity index is 1.79. The Hall–Kier alpha value is -1.62. The van der Waals surface area contributed by atoms with Crippen molar-refractivity contribution in [3.05, 3.63) is 29.0 Å². The van der Waals surface area contributed by atoms with Gasteiger partial charge in [0.2, 0.25) is 5.91 Å². The smallest absolute Gasteiger partial charge is 0.253 e. The van der Waals surface area contributed by atoms with Gasteiger partial charge in [0.15, 0.2) is 0 Å². The Bertz CT molecular complexity index is 429. The van der Waals surface area contributed by atoms with Crippen molar-refractivity contribution in [3.63, 3.8) is 0 Å². The molecule has 1 saturated carbocycles. The SMILES string of the molecule is O=C(CNC(=O)c1ccc(Cl)nc1)NC1CC1. The Morgan fingerprint density at radius 3 is 2.76 bits per heavy atom. The zero-order chi connectivity index (χ0) is 12.3. The maximum atomic E-state index is 11.6. The lowest BCUT2D eigenvalue weighted by Crippen LogP contribution is -2.37. The van der Waals surface area contributed by atoms with Crippen LogP contribution in [0.15, 0.2) is 18.3 Å². The Kier molecular flexibility index (Phi) is 3.58. The van der Waals surface area contributed by atoms with E-state index in [2.05, 4.69) is 15.6 Å². The standard InChI is InChI=1S/C11H12ClN3O2/c12-9-4-1-7(5-13-9)11(17)14-6-10(16)15-8-2-3-8/h1,4-5,8H,2-3,6H2,(H,14,17)(H,15,16). The fraction of sp³-hybridized carbons (Fsp3) is 0.364. The highest BCUT2D eigenvalue weighted by atomic mass is 35.5. The first-order valence-corrected chi connectivity index (χ1v) is 5.72. The van der Waals surface area contributed by atoms with Crippen molar-refractivity contribution in [2.24, 2.45) is 0 Å². The third-order valence-electron chi connectivity index (χ3n) is 2.34. The molecule has 0 saturated heterocycles. The Morgan fingerprint density at radius 1 is 1.41 bits per heavy atom. The Labute approximate surface area is 104 Å². The first-order chi connectivity index (χ1) is 8.15. The minimum absolute atomic E-state index is 0.0159. The van der Waals surface area contributed by atoms with Crippen LogP contribution in [0, 0.1) is 0 Å². The van der Waals surface area contributed by atoms with Crippen LogP contribution in [0.5, 0.6) is 0 Å². The quantitative estimate of drug-likeness (QED) is 0.778. The minimum Gasteiger partial charge on any atom is -0.352 e. The van der Waals surface area contributed by atoms with Gasteiger partial charge in [-0.25, -0.2) is 4.98 Å². The maximum Gasteiger partial charge on any atom is 0.253 e. The monoisotopic (exact) mass is 253 g/mol. The zero-order valence-corrected chi connectivity index (χ0v) is 9.83. The van der Waals surface area contributed by atoms with Crippen molar-refractivity contribution in [2.45, 2.75) is 18.9 Å². The summed E-state index contributed by atoms with van der Waals surface area (Å²) < 4.78 is 0. The summed E-state index contributed by atoms with van der Waals surface area (Å²) in [5.74, 6) is -0.497. The van der Waals surface area contributed by atoms with Gasteiger partial charge >= 0.3 is 0 Å². The van der Waals surface area contributed by atoms with Gasteiger partial charge in [0.05, 0.1) is 12.1 Å². The molecule has 5 nitrogen and oxygen atoms in total. The molecule has 1 aromatic heterocycles. The molecule has 0 aromatic carbocycles. The number of amides is 2. The van der Waals surface area contributed by atoms with Crippen LogP contribution >= 0.6 is 11.6 Å². The van der Waals surface area contributed by atoms with E-state index in [4.69, 9.17) is 11.6 Å². The third kappa shape index (κ3) is 3.71. The Morgan fingerprint density at radius 2 is 2.18 bits per heavy atom. The summed E-state index contributed by atoms with van der Waals surface area (Å²) >= 11 is 5.60. The predicted octanol–water partition coefficient (Wildman–Crippen LogP) is 0.743. The summed E-state index contributed by atoms with van der Waals surface area (Å²) in [4.78, 5) is 26.7. The number of nitrogens with zero attached hydrogens (tertiary/aromatic N) is 1. The van der Waals surface area contributed by atoms with Crippen molar-refractivity contribution in [1.82, 2.24) is 15.6 Å². The van der Waals surface area contributed by atoms with Crippen LogP contribution in [0.3, 0.4) is 0 Å². The maximum absolute atomic E-state index is 11.6. The van der Waals surface area contributed by atoms with Crippen molar-refractivity contribution in [2.75, 3.05) is 6.54 Å². The highest BCUT2D eigenvalue weighted by molar-refractivity contribution is 6.29. The molecule has 1 aliphatic carbocycles. The molecule has 1 fully saturated rings. The number of hydrogen-bond acceptors (Lipinski definition) is 3. The van der Waals surface area contributed by atoms with Crippen LogP contribution in [0.1, 0.15) is 23.2 Å². The molecule has 2 N–H and O–H groups in total. The first-order valence-electron chi connectivity index (χ1n) is 5.34. The second-order valence-corrected chi connectivity index (χ2v) is 4.28. The van der Waals surface area contributed by atoms with Crippen LogP contribution in [0.2, 0.25) is 5.15 Å². The second kappa shape index (κ2) is 5.14. The zero-order valence-electron chi connectivity index (χ0n) is 9.07. The summed E-state index contributed by atoms with van der Waals surface area (Å²) in [5.41, 5.74) is 0.383.